The van der Waals surface area contributed by atoms with Gasteiger partial charge >= 0.3 is 4.87 Å². The maximum absolute atomic E-state index is 14.0. The van der Waals surface area contributed by atoms with Crippen molar-refractivity contribution in [1.29, 1.82) is 0 Å². The van der Waals surface area contributed by atoms with Crippen LogP contribution in [0, 0.1) is 18.7 Å². The predicted octanol–water partition coefficient (Wildman–Crippen LogP) is 4.81. The highest BCUT2D eigenvalue weighted by molar-refractivity contribution is 8.00. The quantitative estimate of drug-likeness (QED) is 0.296. The first kappa shape index (κ1) is 28.7. The number of thioether (sulfide) groups is 1. The molecule has 3 amide bonds. The van der Waals surface area contributed by atoms with Crippen LogP contribution in [0.25, 0.3) is 0 Å². The third-order valence-corrected chi connectivity index (χ3v) is 10.1. The van der Waals surface area contributed by atoms with Gasteiger partial charge in [0.1, 0.15) is 17.6 Å². The average molecular weight is 620 g/mol. The molecule has 3 heterocycles. The van der Waals surface area contributed by atoms with Crippen LogP contribution in [0.15, 0.2) is 76.6 Å². The van der Waals surface area contributed by atoms with Crippen LogP contribution in [-0.4, -0.2) is 41.8 Å². The molecule has 12 heteroatoms. The lowest BCUT2D eigenvalue weighted by Gasteiger charge is -2.31. The molecule has 3 aromatic carbocycles. The molecule has 9 nitrogen and oxygen atoms in total. The summed E-state index contributed by atoms with van der Waals surface area (Å²) < 4.78 is 26.0. The van der Waals surface area contributed by atoms with Crippen LogP contribution in [-0.2, 0) is 20.9 Å². The minimum absolute atomic E-state index is 0.260. The minimum Gasteiger partial charge on any atom is -0.493 e. The molecule has 220 valence electrons. The molecule has 0 saturated carbocycles. The van der Waals surface area contributed by atoms with E-state index in [1.165, 1.54) is 43.1 Å². The number of carbonyl (C=O) groups is 3. The molecule has 1 aromatic heterocycles. The van der Waals surface area contributed by atoms with Crippen LogP contribution in [0.3, 0.4) is 0 Å². The van der Waals surface area contributed by atoms with Crippen molar-refractivity contribution in [3.8, 4) is 11.5 Å². The first-order chi connectivity index (χ1) is 20.7. The molecular weight excluding hydrogens is 593 g/mol. The minimum atomic E-state index is -0.886. The summed E-state index contributed by atoms with van der Waals surface area (Å²) >= 11 is 2.05. The first-order valence-corrected chi connectivity index (χ1v) is 15.0. The summed E-state index contributed by atoms with van der Waals surface area (Å²) in [4.78, 5) is 55.6. The lowest BCUT2D eigenvalue weighted by atomic mass is 9.83. The highest BCUT2D eigenvalue weighted by Crippen LogP contribution is 2.54. The highest BCUT2D eigenvalue weighted by Gasteiger charge is 2.57. The number of hydrogen-bond acceptors (Lipinski definition) is 8. The van der Waals surface area contributed by atoms with Gasteiger partial charge in [0.15, 0.2) is 11.5 Å². The number of nitrogens with zero attached hydrogens (tertiary/aromatic N) is 2. The van der Waals surface area contributed by atoms with Crippen LogP contribution in [0.5, 0.6) is 11.5 Å². The number of ether oxygens (including phenoxy) is 2. The summed E-state index contributed by atoms with van der Waals surface area (Å²) in [7, 11) is 3.01. The van der Waals surface area contributed by atoms with Gasteiger partial charge in [0.2, 0.25) is 17.7 Å². The molecule has 3 atom stereocenters. The maximum Gasteiger partial charge on any atom is 0.308 e. The van der Waals surface area contributed by atoms with E-state index in [2.05, 4.69) is 5.32 Å². The Labute approximate surface area is 254 Å². The molecular formula is C31H26FN3O6S2. The van der Waals surface area contributed by atoms with Crippen molar-refractivity contribution in [2.45, 2.75) is 29.7 Å². The van der Waals surface area contributed by atoms with Gasteiger partial charge in [0, 0.05) is 16.5 Å². The Morgan fingerprint density at radius 1 is 0.953 bits per heavy atom. The summed E-state index contributed by atoms with van der Waals surface area (Å²) in [5.41, 5.74) is 2.48. The van der Waals surface area contributed by atoms with Crippen molar-refractivity contribution in [2.24, 2.45) is 5.92 Å². The van der Waals surface area contributed by atoms with Gasteiger partial charge in [-0.05, 0) is 66.6 Å². The third-order valence-electron chi connectivity index (χ3n) is 7.50. The summed E-state index contributed by atoms with van der Waals surface area (Å²) in [5.74, 6) is -2.47. The van der Waals surface area contributed by atoms with Gasteiger partial charge in [0.25, 0.3) is 0 Å². The van der Waals surface area contributed by atoms with E-state index >= 15 is 0 Å². The maximum atomic E-state index is 14.0. The van der Waals surface area contributed by atoms with E-state index in [1.807, 2.05) is 25.1 Å². The van der Waals surface area contributed by atoms with Crippen molar-refractivity contribution in [3.63, 3.8) is 0 Å². The summed E-state index contributed by atoms with van der Waals surface area (Å²) in [6, 6.07) is 17.7. The molecule has 2 aliphatic rings. The highest BCUT2D eigenvalue weighted by atomic mass is 32.2. The van der Waals surface area contributed by atoms with Gasteiger partial charge in [0.05, 0.1) is 30.9 Å². The second-order valence-corrected chi connectivity index (χ2v) is 12.3. The SMILES string of the molecule is COc1ccc([C@@H]2c3sc(=O)n(CC(=O)Nc4cccc(C)c4)c3S[C@H]3C(=O)N(c4ccc(F)cc4)C(=O)[C@@H]23)cc1OC. The second-order valence-electron chi connectivity index (χ2n) is 10.2. The number of methoxy groups -OCH3 is 2. The Hall–Kier alpha value is -4.42. The van der Waals surface area contributed by atoms with Crippen LogP contribution >= 0.6 is 23.1 Å². The number of aryl methyl sites for hydroxylation is 1. The first-order valence-electron chi connectivity index (χ1n) is 13.3. The number of thiazole rings is 1. The van der Waals surface area contributed by atoms with E-state index in [0.717, 1.165) is 33.6 Å². The lowest BCUT2D eigenvalue weighted by molar-refractivity contribution is -0.122. The van der Waals surface area contributed by atoms with Gasteiger partial charge in [-0.25, -0.2) is 9.29 Å². The zero-order valence-electron chi connectivity index (χ0n) is 23.3. The number of aromatic nitrogens is 1. The van der Waals surface area contributed by atoms with Crippen molar-refractivity contribution in [3.05, 3.63) is 98.2 Å². The molecule has 0 bridgehead atoms. The molecule has 0 aliphatic carbocycles. The van der Waals surface area contributed by atoms with Gasteiger partial charge in [-0.2, -0.15) is 0 Å². The fourth-order valence-corrected chi connectivity index (χ4v) is 8.35. The molecule has 0 radical (unpaired) electrons. The van der Waals surface area contributed by atoms with Gasteiger partial charge in [-0.3, -0.25) is 23.7 Å². The summed E-state index contributed by atoms with van der Waals surface area (Å²) in [5, 5.41) is 2.40. The van der Waals surface area contributed by atoms with Crippen molar-refractivity contribution in [2.75, 3.05) is 24.4 Å². The Morgan fingerprint density at radius 3 is 2.40 bits per heavy atom. The van der Waals surface area contributed by atoms with Crippen LogP contribution < -0.4 is 24.6 Å². The van der Waals surface area contributed by atoms with Crippen LogP contribution in [0.4, 0.5) is 15.8 Å². The van der Waals surface area contributed by atoms with E-state index in [9.17, 15) is 23.6 Å². The monoisotopic (exact) mass is 619 g/mol. The second kappa shape index (κ2) is 11.3. The zero-order chi connectivity index (χ0) is 30.4. The standard InChI is InChI=1S/C31H26FN3O6S2/c1-16-5-4-6-19(13-16)33-23(36)15-34-30-27(43-31(34)39)24(17-7-12-21(40-2)22(14-17)41-3)25-26(42-30)29(38)35(28(25)37)20-10-8-18(32)9-11-20/h4-14,24-26H,15H2,1-3H3,(H,33,36)/t24-,25-,26+/m0/s1. The number of fused-ring (bicyclic) bond motifs is 2. The van der Waals surface area contributed by atoms with Gasteiger partial charge in [-0.1, -0.05) is 41.3 Å². The predicted molar refractivity (Wildman–Crippen MR) is 162 cm³/mol. The normalized spacial score (nSPS) is 19.2. The third kappa shape index (κ3) is 5.10. The fraction of sp³-hybridized carbons (Fsp3) is 0.226. The number of halogens is 1. The molecule has 0 spiro atoms. The number of carbonyl (C=O) groups excluding carboxylic acids is 3. The number of amides is 3. The number of rotatable bonds is 7. The van der Waals surface area contributed by atoms with E-state index in [1.54, 1.807) is 24.3 Å². The molecule has 43 heavy (non-hydrogen) atoms. The topological polar surface area (TPSA) is 107 Å². The number of benzene rings is 3. The van der Waals surface area contributed by atoms with Crippen molar-refractivity contribution < 1.29 is 28.2 Å². The molecule has 1 fully saturated rings. The number of hydrogen-bond donors (Lipinski definition) is 1. The Bertz CT molecular complexity index is 1820. The zero-order valence-corrected chi connectivity index (χ0v) is 25.0. The molecule has 2 aliphatic heterocycles. The van der Waals surface area contributed by atoms with E-state index < -0.39 is 40.6 Å². The Kier molecular flexibility index (Phi) is 7.57. The smallest absolute Gasteiger partial charge is 0.308 e. The van der Waals surface area contributed by atoms with Crippen LogP contribution in [0.2, 0.25) is 0 Å². The number of imide groups is 1. The van der Waals surface area contributed by atoms with Gasteiger partial charge < -0.3 is 14.8 Å². The van der Waals surface area contributed by atoms with E-state index in [4.69, 9.17) is 9.47 Å². The lowest BCUT2D eigenvalue weighted by Crippen LogP contribution is -2.33. The fourth-order valence-electron chi connectivity index (χ4n) is 5.57. The number of anilines is 2. The van der Waals surface area contributed by atoms with Crippen LogP contribution in [0.1, 0.15) is 21.9 Å². The van der Waals surface area contributed by atoms with Crippen molar-refractivity contribution in [1.82, 2.24) is 4.57 Å². The largest absolute Gasteiger partial charge is 0.493 e. The molecule has 1 N–H and O–H groups in total. The summed E-state index contributed by atoms with van der Waals surface area (Å²) in [6.45, 7) is 1.64. The van der Waals surface area contributed by atoms with E-state index in [0.29, 0.717) is 32.7 Å². The van der Waals surface area contributed by atoms with Crippen molar-refractivity contribution >= 4 is 52.2 Å². The van der Waals surface area contributed by atoms with E-state index in [-0.39, 0.29) is 17.1 Å². The molecule has 6 rings (SSSR count). The summed E-state index contributed by atoms with van der Waals surface area (Å²) in [6.07, 6.45) is 0. The average Bonchev–Trinajstić information content (AvgIpc) is 3.43. The number of nitrogens with one attached hydrogen (secondary N) is 1. The molecule has 4 aromatic rings. The molecule has 1 saturated heterocycles. The van der Waals surface area contributed by atoms with Gasteiger partial charge in [-0.15, -0.1) is 0 Å². The Morgan fingerprint density at radius 2 is 1.70 bits per heavy atom. The molecule has 0 unspecified atom stereocenters. The Balaban J connectivity index is 1.44.